The van der Waals surface area contributed by atoms with Gasteiger partial charge in [0.2, 0.25) is 0 Å². The van der Waals surface area contributed by atoms with Gasteiger partial charge in [-0.2, -0.15) is 0 Å². The molecule has 1 aliphatic carbocycles. The smallest absolute Gasteiger partial charge is 0.317 e. The van der Waals surface area contributed by atoms with Gasteiger partial charge in [0.25, 0.3) is 0 Å². The fourth-order valence-corrected chi connectivity index (χ4v) is 3.66. The number of carbonyl (C=O) groups is 1. The minimum absolute atomic E-state index is 0.112. The fourth-order valence-electron chi connectivity index (χ4n) is 3.66. The molecule has 0 spiro atoms. The van der Waals surface area contributed by atoms with E-state index in [1.807, 2.05) is 26.0 Å². The molecule has 1 heterocycles. The highest BCUT2D eigenvalue weighted by Gasteiger charge is 2.20. The minimum Gasteiger partial charge on any atom is -0.489 e. The molecule has 31 heavy (non-hydrogen) atoms. The highest BCUT2D eigenvalue weighted by molar-refractivity contribution is 5.75. The summed E-state index contributed by atoms with van der Waals surface area (Å²) in [6.07, 6.45) is 6.17. The first-order valence-electron chi connectivity index (χ1n) is 11.2. The van der Waals surface area contributed by atoms with Crippen molar-refractivity contribution in [3.63, 3.8) is 0 Å². The lowest BCUT2D eigenvalue weighted by molar-refractivity contribution is 0.153. The summed E-state index contributed by atoms with van der Waals surface area (Å²) >= 11 is 0. The summed E-state index contributed by atoms with van der Waals surface area (Å²) in [6, 6.07) is 3.71. The lowest BCUT2D eigenvalue weighted by atomic mass is 9.98. The Balaban J connectivity index is 2.12. The van der Waals surface area contributed by atoms with Crippen LogP contribution in [0.15, 0.2) is 17.8 Å². The third-order valence-electron chi connectivity index (χ3n) is 6.20. The molecule has 0 bridgehead atoms. The molecule has 2 amide bonds. The maximum absolute atomic E-state index is 12.5. The number of ether oxygens (including phenoxy) is 1. The summed E-state index contributed by atoms with van der Waals surface area (Å²) < 4.78 is 6.16. The van der Waals surface area contributed by atoms with Crippen molar-refractivity contribution < 1.29 is 9.53 Å². The molecule has 1 saturated carbocycles. The Labute approximate surface area is 187 Å². The zero-order valence-electron chi connectivity index (χ0n) is 19.9. The van der Waals surface area contributed by atoms with E-state index in [1.165, 1.54) is 24.3 Å². The van der Waals surface area contributed by atoms with Crippen LogP contribution in [0.5, 0.6) is 5.75 Å². The number of rotatable bonds is 8. The van der Waals surface area contributed by atoms with Gasteiger partial charge in [-0.15, -0.1) is 0 Å². The maximum atomic E-state index is 12.5. The normalized spacial score (nSPS) is 16.5. The maximum Gasteiger partial charge on any atom is 0.317 e. The Hall–Kier alpha value is -2.48. The number of likely N-dealkylation sites (N-methyl/N-ethyl adjacent to an activating group) is 1. The van der Waals surface area contributed by atoms with Gasteiger partial charge in [-0.3, -0.25) is 0 Å². The predicted octanol–water partition coefficient (Wildman–Crippen LogP) is 3.22. The molecule has 0 aliphatic heterocycles. The van der Waals surface area contributed by atoms with Crippen LogP contribution in [0.1, 0.15) is 64.3 Å². The van der Waals surface area contributed by atoms with Crippen LogP contribution in [0.4, 0.5) is 4.79 Å². The summed E-state index contributed by atoms with van der Waals surface area (Å²) in [4.78, 5) is 18.9. The molecule has 2 rings (SSSR count). The van der Waals surface area contributed by atoms with E-state index in [0.29, 0.717) is 23.0 Å². The van der Waals surface area contributed by atoms with Gasteiger partial charge in [0.05, 0.1) is 35.4 Å². The monoisotopic (exact) mass is 432 g/mol. The lowest BCUT2D eigenvalue weighted by Gasteiger charge is -2.29. The van der Waals surface area contributed by atoms with Crippen LogP contribution >= 0.6 is 0 Å². The first kappa shape index (κ1) is 24.8. The fraction of sp³-hybridized carbons (Fsp3) is 0.652. The van der Waals surface area contributed by atoms with Crippen molar-refractivity contribution in [2.75, 3.05) is 20.6 Å². The second-order valence-electron chi connectivity index (χ2n) is 8.88. The number of aryl methyl sites for hydroxylation is 1. The summed E-state index contributed by atoms with van der Waals surface area (Å²) in [6.45, 7) is 8.31. The molecular formula is C23H40N6O2. The van der Waals surface area contributed by atoms with E-state index in [-0.39, 0.29) is 24.7 Å². The topological polar surface area (TPSA) is 110 Å². The van der Waals surface area contributed by atoms with Gasteiger partial charge in [-0.25, -0.2) is 15.6 Å². The van der Waals surface area contributed by atoms with Crippen LogP contribution in [0.25, 0.3) is 5.70 Å². The Kier molecular flexibility index (Phi) is 8.98. The van der Waals surface area contributed by atoms with E-state index in [1.54, 1.807) is 19.0 Å². The van der Waals surface area contributed by atoms with E-state index >= 15 is 0 Å². The minimum atomic E-state index is -0.172. The molecule has 8 nitrogen and oxygen atoms in total. The first-order chi connectivity index (χ1) is 14.6. The van der Waals surface area contributed by atoms with Crippen LogP contribution < -0.4 is 21.6 Å². The number of pyridine rings is 1. The number of aromatic nitrogens is 1. The molecular weight excluding hydrogens is 392 g/mol. The molecule has 1 atom stereocenters. The number of hydrogen-bond acceptors (Lipinski definition) is 6. The van der Waals surface area contributed by atoms with Crippen molar-refractivity contribution >= 4 is 11.7 Å². The van der Waals surface area contributed by atoms with E-state index in [4.69, 9.17) is 16.3 Å². The second kappa shape index (κ2) is 11.2. The SMILES string of the molecule is Cc1nc(/C(N)=C(\CNC(=O)N(C)C(C)C(C)C)N(C)N)ccc1OC1CCCCC1. The summed E-state index contributed by atoms with van der Waals surface area (Å²) in [5.41, 5.74) is 8.82. The number of carbonyl (C=O) groups excluding carboxylic acids is 1. The number of amides is 2. The number of nitrogens with zero attached hydrogens (tertiary/aromatic N) is 3. The van der Waals surface area contributed by atoms with Crippen LogP contribution in [0, 0.1) is 12.8 Å². The van der Waals surface area contributed by atoms with Crippen molar-refractivity contribution in [2.45, 2.75) is 71.9 Å². The first-order valence-corrected chi connectivity index (χ1v) is 11.2. The van der Waals surface area contributed by atoms with Gasteiger partial charge >= 0.3 is 6.03 Å². The van der Waals surface area contributed by atoms with Gasteiger partial charge in [-0.1, -0.05) is 20.3 Å². The third kappa shape index (κ3) is 6.75. The van der Waals surface area contributed by atoms with Gasteiger partial charge in [0.15, 0.2) is 0 Å². The Morgan fingerprint density at radius 1 is 1.23 bits per heavy atom. The van der Waals surface area contributed by atoms with Gasteiger partial charge in [0.1, 0.15) is 5.75 Å². The molecule has 0 aromatic carbocycles. The second-order valence-corrected chi connectivity index (χ2v) is 8.88. The highest BCUT2D eigenvalue weighted by Crippen LogP contribution is 2.26. The average Bonchev–Trinajstić information content (AvgIpc) is 2.74. The quantitative estimate of drug-likeness (QED) is 0.430. The molecule has 1 aromatic rings. The molecule has 8 heteroatoms. The molecule has 1 unspecified atom stereocenters. The van der Waals surface area contributed by atoms with Gasteiger partial charge in [-0.05, 0) is 57.6 Å². The summed E-state index contributed by atoms with van der Waals surface area (Å²) in [5.74, 6) is 7.17. The number of hydrogen-bond donors (Lipinski definition) is 3. The molecule has 0 saturated heterocycles. The molecule has 174 valence electrons. The van der Waals surface area contributed by atoms with Crippen molar-refractivity contribution in [3.05, 3.63) is 29.2 Å². The van der Waals surface area contributed by atoms with Crippen molar-refractivity contribution in [3.8, 4) is 5.75 Å². The molecule has 1 aliphatic rings. The van der Waals surface area contributed by atoms with E-state index in [2.05, 4.69) is 24.1 Å². The predicted molar refractivity (Wildman–Crippen MR) is 125 cm³/mol. The Bertz CT molecular complexity index is 771. The molecule has 1 aromatic heterocycles. The lowest BCUT2D eigenvalue weighted by Crippen LogP contribution is -2.46. The van der Waals surface area contributed by atoms with Crippen LogP contribution in [-0.2, 0) is 0 Å². The molecule has 5 N–H and O–H groups in total. The van der Waals surface area contributed by atoms with Crippen LogP contribution in [0.2, 0.25) is 0 Å². The number of hydrazine groups is 1. The van der Waals surface area contributed by atoms with Crippen LogP contribution in [0.3, 0.4) is 0 Å². The standard InChI is InChI=1S/C23H40N6O2/c1-15(2)17(4)28(5)23(30)26-14-20(29(6)25)22(24)19-12-13-21(16(3)27-19)31-18-10-8-7-9-11-18/h12-13,15,17-18H,7-11,14,24-25H2,1-6H3,(H,26,30)/b22-20-. The third-order valence-corrected chi connectivity index (χ3v) is 6.20. The average molecular weight is 433 g/mol. The number of nitrogens with two attached hydrogens (primary N) is 2. The van der Waals surface area contributed by atoms with E-state index < -0.39 is 0 Å². The van der Waals surface area contributed by atoms with Gasteiger partial charge < -0.3 is 25.7 Å². The van der Waals surface area contributed by atoms with E-state index in [9.17, 15) is 4.79 Å². The summed E-state index contributed by atoms with van der Waals surface area (Å²) in [7, 11) is 3.48. The number of urea groups is 1. The van der Waals surface area contributed by atoms with Gasteiger partial charge in [0, 0.05) is 20.1 Å². The Morgan fingerprint density at radius 2 is 1.87 bits per heavy atom. The van der Waals surface area contributed by atoms with Crippen molar-refractivity contribution in [1.82, 2.24) is 20.2 Å². The molecule has 1 fully saturated rings. The zero-order chi connectivity index (χ0) is 23.1. The highest BCUT2D eigenvalue weighted by atomic mass is 16.5. The molecule has 0 radical (unpaired) electrons. The largest absolute Gasteiger partial charge is 0.489 e. The van der Waals surface area contributed by atoms with E-state index in [0.717, 1.165) is 24.3 Å². The number of nitrogens with one attached hydrogen (secondary N) is 1. The summed E-state index contributed by atoms with van der Waals surface area (Å²) in [5, 5.41) is 4.33. The van der Waals surface area contributed by atoms with Crippen molar-refractivity contribution in [1.29, 1.82) is 0 Å². The zero-order valence-corrected chi connectivity index (χ0v) is 19.9. The van der Waals surface area contributed by atoms with Crippen LogP contribution in [-0.4, -0.2) is 53.7 Å². The Morgan fingerprint density at radius 3 is 2.42 bits per heavy atom. The van der Waals surface area contributed by atoms with Crippen molar-refractivity contribution in [2.24, 2.45) is 17.5 Å².